The van der Waals surface area contributed by atoms with E-state index in [1.165, 1.54) is 31.9 Å². The first kappa shape index (κ1) is 22.0. The maximum Gasteiger partial charge on any atom is 0.257 e. The van der Waals surface area contributed by atoms with Crippen LogP contribution in [0.1, 0.15) is 41.0 Å². The van der Waals surface area contributed by atoms with Crippen molar-refractivity contribution in [2.75, 3.05) is 13.7 Å². The van der Waals surface area contributed by atoms with Crippen LogP contribution in [0.2, 0.25) is 0 Å². The third-order valence-corrected chi connectivity index (χ3v) is 4.97. The number of nitrogens with one attached hydrogen (secondary N) is 1. The summed E-state index contributed by atoms with van der Waals surface area (Å²) in [6.07, 6.45) is 1.57. The molecule has 0 spiro atoms. The summed E-state index contributed by atoms with van der Waals surface area (Å²) in [4.78, 5) is 42.7. The van der Waals surface area contributed by atoms with Gasteiger partial charge in [-0.05, 0) is 37.6 Å². The molecular weight excluding hydrogens is 401 g/mol. The molecule has 1 atom stereocenters. The van der Waals surface area contributed by atoms with Gasteiger partial charge in [-0.3, -0.25) is 24.7 Å². The molecule has 0 aliphatic carbocycles. The van der Waals surface area contributed by atoms with Gasteiger partial charge >= 0.3 is 0 Å². The third kappa shape index (κ3) is 4.56. The topological polar surface area (TPSA) is 88.6 Å². The zero-order valence-electron chi connectivity index (χ0n) is 17.7. The van der Waals surface area contributed by atoms with Crippen molar-refractivity contribution in [1.29, 1.82) is 0 Å². The van der Waals surface area contributed by atoms with E-state index in [0.717, 1.165) is 5.69 Å². The lowest BCUT2D eigenvalue weighted by Gasteiger charge is -2.27. The molecule has 2 heterocycles. The van der Waals surface area contributed by atoms with Gasteiger partial charge in [0, 0.05) is 37.5 Å². The molecule has 1 aromatic carbocycles. The van der Waals surface area contributed by atoms with Crippen LogP contribution in [0.5, 0.6) is 5.75 Å². The molecule has 1 aliphatic rings. The smallest absolute Gasteiger partial charge is 0.257 e. The van der Waals surface area contributed by atoms with E-state index in [2.05, 4.69) is 22.1 Å². The van der Waals surface area contributed by atoms with Gasteiger partial charge in [0.1, 0.15) is 5.41 Å². The van der Waals surface area contributed by atoms with Gasteiger partial charge in [0.2, 0.25) is 11.8 Å². The highest BCUT2D eigenvalue weighted by Crippen LogP contribution is 2.32. The number of imide groups is 1. The molecule has 1 N–H and O–H groups in total. The van der Waals surface area contributed by atoms with Crippen LogP contribution in [0.3, 0.4) is 0 Å². The molecule has 7 nitrogen and oxygen atoms in total. The number of ether oxygens (including phenoxy) is 1. The number of hydrogen-bond acceptors (Lipinski definition) is 5. The van der Waals surface area contributed by atoms with Gasteiger partial charge in [0.15, 0.2) is 11.6 Å². The lowest BCUT2D eigenvalue weighted by molar-refractivity contribution is -0.133. The molecule has 31 heavy (non-hydrogen) atoms. The molecule has 160 valence electrons. The first-order valence-corrected chi connectivity index (χ1v) is 9.57. The Labute approximate surface area is 179 Å². The molecule has 1 aliphatic heterocycles. The number of methoxy groups -OCH3 is 1. The molecule has 0 fully saturated rings. The van der Waals surface area contributed by atoms with Gasteiger partial charge in [-0.15, -0.1) is 0 Å². The average Bonchev–Trinajstić information content (AvgIpc) is 3.03. The number of aryl methyl sites for hydroxylation is 1. The minimum Gasteiger partial charge on any atom is -0.494 e. The molecule has 0 saturated heterocycles. The number of amides is 3. The fourth-order valence-corrected chi connectivity index (χ4v) is 3.28. The van der Waals surface area contributed by atoms with Gasteiger partial charge in [0.05, 0.1) is 12.7 Å². The molecule has 2 aromatic rings. The van der Waals surface area contributed by atoms with Crippen LogP contribution in [0.15, 0.2) is 30.5 Å². The molecule has 1 aromatic heterocycles. The fraction of sp³-hybridized carbons (Fsp3) is 0.304. The predicted molar refractivity (Wildman–Crippen MR) is 110 cm³/mol. The maximum atomic E-state index is 14.6. The van der Waals surface area contributed by atoms with Gasteiger partial charge in [-0.25, -0.2) is 4.39 Å². The molecule has 8 heteroatoms. The Morgan fingerprint density at radius 1 is 1.32 bits per heavy atom. The van der Waals surface area contributed by atoms with Crippen molar-refractivity contribution >= 4 is 17.7 Å². The lowest BCUT2D eigenvalue weighted by atomic mass is 9.89. The summed E-state index contributed by atoms with van der Waals surface area (Å²) in [5, 5.41) is 2.24. The highest BCUT2D eigenvalue weighted by molar-refractivity contribution is 6.01. The standard InChI is InChI=1S/C23H22FN3O4/c1-14-5-6-16(11-25-14)9-10-23(3,22(30)26-15(2)28)13-27-12-17-7-8-18(31-4)20(24)19(17)21(27)29/h5-8,11H,12-13H2,1-4H3,(H,26,28,30). The number of nitrogens with zero attached hydrogens (tertiary/aromatic N) is 2. The zero-order valence-corrected chi connectivity index (χ0v) is 17.7. The van der Waals surface area contributed by atoms with Crippen molar-refractivity contribution in [1.82, 2.24) is 15.2 Å². The summed E-state index contributed by atoms with van der Waals surface area (Å²) >= 11 is 0. The Balaban J connectivity index is 1.93. The first-order chi connectivity index (χ1) is 14.6. The summed E-state index contributed by atoms with van der Waals surface area (Å²) in [5.41, 5.74) is 0.395. The molecule has 0 saturated carbocycles. The van der Waals surface area contributed by atoms with Gasteiger partial charge in [-0.2, -0.15) is 0 Å². The number of aromatic nitrogens is 1. The second-order valence-electron chi connectivity index (χ2n) is 7.56. The van der Waals surface area contributed by atoms with Crippen molar-refractivity contribution in [3.8, 4) is 17.6 Å². The van der Waals surface area contributed by atoms with Crippen LogP contribution < -0.4 is 10.1 Å². The van der Waals surface area contributed by atoms with E-state index < -0.39 is 29.0 Å². The third-order valence-electron chi connectivity index (χ3n) is 4.97. The Morgan fingerprint density at radius 3 is 2.68 bits per heavy atom. The van der Waals surface area contributed by atoms with E-state index in [1.807, 2.05) is 6.92 Å². The Kier molecular flexibility index (Phi) is 6.07. The summed E-state index contributed by atoms with van der Waals surface area (Å²) in [5.74, 6) is 3.26. The van der Waals surface area contributed by atoms with Crippen LogP contribution in [0.4, 0.5) is 4.39 Å². The Hall–Kier alpha value is -3.73. The van der Waals surface area contributed by atoms with Gasteiger partial charge < -0.3 is 9.64 Å². The van der Waals surface area contributed by atoms with Gasteiger partial charge in [-0.1, -0.05) is 17.9 Å². The van der Waals surface area contributed by atoms with E-state index >= 15 is 0 Å². The monoisotopic (exact) mass is 423 g/mol. The van der Waals surface area contributed by atoms with Gasteiger partial charge in [0.25, 0.3) is 5.91 Å². The van der Waals surface area contributed by atoms with E-state index in [0.29, 0.717) is 11.1 Å². The highest BCUT2D eigenvalue weighted by Gasteiger charge is 2.40. The maximum absolute atomic E-state index is 14.6. The van der Waals surface area contributed by atoms with E-state index in [-0.39, 0.29) is 24.4 Å². The highest BCUT2D eigenvalue weighted by atomic mass is 19.1. The average molecular weight is 423 g/mol. The van der Waals surface area contributed by atoms with Crippen LogP contribution in [-0.4, -0.2) is 41.3 Å². The predicted octanol–water partition coefficient (Wildman–Crippen LogP) is 2.21. The Morgan fingerprint density at radius 2 is 2.06 bits per heavy atom. The van der Waals surface area contributed by atoms with Crippen molar-refractivity contribution in [3.63, 3.8) is 0 Å². The normalized spacial score (nSPS) is 14.2. The molecule has 1 unspecified atom stereocenters. The summed E-state index contributed by atoms with van der Waals surface area (Å²) < 4.78 is 19.6. The number of fused-ring (bicyclic) bond motifs is 1. The molecular formula is C23H22FN3O4. The first-order valence-electron chi connectivity index (χ1n) is 9.57. The van der Waals surface area contributed by atoms with Crippen LogP contribution in [0, 0.1) is 30.0 Å². The molecule has 0 radical (unpaired) electrons. The second kappa shape index (κ2) is 8.56. The summed E-state index contributed by atoms with van der Waals surface area (Å²) in [6.45, 7) is 4.58. The SMILES string of the molecule is COc1ccc2c(c1F)C(=O)N(CC(C)(C#Cc1ccc(C)nc1)C(=O)NC(C)=O)C2. The van der Waals surface area contributed by atoms with Crippen LogP contribution in [-0.2, 0) is 16.1 Å². The number of pyridine rings is 1. The number of rotatable bonds is 4. The van der Waals surface area contributed by atoms with E-state index in [4.69, 9.17) is 4.74 Å². The largest absolute Gasteiger partial charge is 0.494 e. The van der Waals surface area contributed by atoms with Crippen molar-refractivity contribution < 1.29 is 23.5 Å². The molecule has 0 bridgehead atoms. The van der Waals surface area contributed by atoms with Crippen molar-refractivity contribution in [3.05, 3.63) is 58.7 Å². The number of benzene rings is 1. The molecule has 3 rings (SSSR count). The van der Waals surface area contributed by atoms with Crippen molar-refractivity contribution in [2.24, 2.45) is 5.41 Å². The quantitative estimate of drug-likeness (QED) is 0.762. The van der Waals surface area contributed by atoms with Crippen LogP contribution >= 0.6 is 0 Å². The Bertz CT molecular complexity index is 1120. The van der Waals surface area contributed by atoms with Crippen LogP contribution in [0.25, 0.3) is 0 Å². The number of carbonyl (C=O) groups is 3. The number of halogens is 1. The summed E-state index contributed by atoms with van der Waals surface area (Å²) in [6, 6.07) is 6.62. The number of hydrogen-bond donors (Lipinski definition) is 1. The van der Waals surface area contributed by atoms with E-state index in [1.54, 1.807) is 24.4 Å². The minimum atomic E-state index is -1.42. The summed E-state index contributed by atoms with van der Waals surface area (Å²) in [7, 11) is 1.32. The fourth-order valence-electron chi connectivity index (χ4n) is 3.28. The lowest BCUT2D eigenvalue weighted by Crippen LogP contribution is -2.47. The zero-order chi connectivity index (χ0) is 22.8. The molecule has 3 amide bonds. The minimum absolute atomic E-state index is 0.0299. The number of carbonyl (C=O) groups excluding carboxylic acids is 3. The van der Waals surface area contributed by atoms with Crippen molar-refractivity contribution in [2.45, 2.75) is 27.3 Å². The second-order valence-corrected chi connectivity index (χ2v) is 7.56. The van der Waals surface area contributed by atoms with E-state index in [9.17, 15) is 18.8 Å².